The first-order chi connectivity index (χ1) is 6.22. The van der Waals surface area contributed by atoms with Crippen LogP contribution in [0.4, 0.5) is 0 Å². The van der Waals surface area contributed by atoms with Gasteiger partial charge in [-0.25, -0.2) is 9.50 Å². The van der Waals surface area contributed by atoms with Gasteiger partial charge in [-0.1, -0.05) is 6.92 Å². The first-order valence-corrected chi connectivity index (χ1v) is 4.29. The Kier molecular flexibility index (Phi) is 1.69. The number of nitrogens with zero attached hydrogens (tertiary/aromatic N) is 2. The number of fused-ring (bicyclic) bond motifs is 1. The van der Waals surface area contributed by atoms with E-state index < -0.39 is 0 Å². The molecule has 0 atom stereocenters. The van der Waals surface area contributed by atoms with Gasteiger partial charge in [0.2, 0.25) is 0 Å². The van der Waals surface area contributed by atoms with Crippen LogP contribution in [-0.4, -0.2) is 14.6 Å². The summed E-state index contributed by atoms with van der Waals surface area (Å²) in [5.41, 5.74) is 2.51. The van der Waals surface area contributed by atoms with Crippen LogP contribution in [0.5, 0.6) is 0 Å². The van der Waals surface area contributed by atoms with E-state index >= 15 is 0 Å². The number of aromatic nitrogens is 3. The van der Waals surface area contributed by atoms with E-state index in [2.05, 4.69) is 10.1 Å². The van der Waals surface area contributed by atoms with E-state index in [1.807, 2.05) is 13.8 Å². The van der Waals surface area contributed by atoms with Crippen LogP contribution in [0, 0.1) is 6.92 Å². The fourth-order valence-electron chi connectivity index (χ4n) is 1.33. The van der Waals surface area contributed by atoms with E-state index in [9.17, 15) is 4.79 Å². The summed E-state index contributed by atoms with van der Waals surface area (Å²) in [4.78, 5) is 15.8. The second kappa shape index (κ2) is 2.73. The average Bonchev–Trinajstić information content (AvgIpc) is 2.48. The third-order valence-corrected chi connectivity index (χ3v) is 2.10. The zero-order valence-corrected chi connectivity index (χ0v) is 7.66. The largest absolute Gasteiger partial charge is 0.297 e. The Labute approximate surface area is 75.2 Å². The van der Waals surface area contributed by atoms with Gasteiger partial charge in [0, 0.05) is 23.5 Å². The molecule has 2 rings (SSSR count). The molecular formula is C9H11N3O. The lowest BCUT2D eigenvalue weighted by atomic mass is 10.3. The molecule has 0 unspecified atom stereocenters. The minimum atomic E-state index is -0.0463. The van der Waals surface area contributed by atoms with Crippen molar-refractivity contribution in [3.05, 3.63) is 33.9 Å². The first kappa shape index (κ1) is 8.04. The zero-order chi connectivity index (χ0) is 9.42. The summed E-state index contributed by atoms with van der Waals surface area (Å²) in [7, 11) is 0. The predicted molar refractivity (Wildman–Crippen MR) is 49.9 cm³/mol. The van der Waals surface area contributed by atoms with Crippen molar-refractivity contribution < 1.29 is 0 Å². The van der Waals surface area contributed by atoms with Crippen LogP contribution in [0.2, 0.25) is 0 Å². The van der Waals surface area contributed by atoms with Crippen LogP contribution in [0.25, 0.3) is 5.65 Å². The predicted octanol–water partition coefficient (Wildman–Crippen LogP) is 0.893. The maximum absolute atomic E-state index is 11.5. The summed E-state index contributed by atoms with van der Waals surface area (Å²) < 4.78 is 1.45. The Morgan fingerprint density at radius 1 is 1.62 bits per heavy atom. The van der Waals surface area contributed by atoms with E-state index in [1.165, 1.54) is 4.52 Å². The van der Waals surface area contributed by atoms with Crippen molar-refractivity contribution in [2.45, 2.75) is 20.3 Å². The molecule has 0 aliphatic heterocycles. The highest BCUT2D eigenvalue weighted by atomic mass is 16.1. The maximum atomic E-state index is 11.5. The van der Waals surface area contributed by atoms with E-state index in [4.69, 9.17) is 0 Å². The maximum Gasteiger partial charge on any atom is 0.272 e. The second-order valence-corrected chi connectivity index (χ2v) is 3.05. The lowest BCUT2D eigenvalue weighted by Crippen LogP contribution is -2.15. The minimum absolute atomic E-state index is 0.0463. The normalized spacial score (nSPS) is 10.9. The Hall–Kier alpha value is -1.58. The van der Waals surface area contributed by atoms with Gasteiger partial charge in [-0.15, -0.1) is 0 Å². The number of hydrogen-bond donors (Lipinski definition) is 1. The SMILES string of the molecule is CCc1cc(=O)n2[nH]cc(C)c2n1. The van der Waals surface area contributed by atoms with Crippen LogP contribution in [0.1, 0.15) is 18.2 Å². The smallest absolute Gasteiger partial charge is 0.272 e. The van der Waals surface area contributed by atoms with Gasteiger partial charge in [0.15, 0.2) is 5.65 Å². The molecule has 0 fully saturated rings. The molecule has 13 heavy (non-hydrogen) atoms. The Bertz CT molecular complexity index is 495. The van der Waals surface area contributed by atoms with Crippen LogP contribution in [0.15, 0.2) is 17.1 Å². The fraction of sp³-hybridized carbons (Fsp3) is 0.333. The molecule has 0 bridgehead atoms. The van der Waals surface area contributed by atoms with Crippen molar-refractivity contribution in [3.8, 4) is 0 Å². The molecule has 0 aliphatic rings. The molecule has 0 saturated carbocycles. The van der Waals surface area contributed by atoms with Crippen LogP contribution in [-0.2, 0) is 6.42 Å². The van der Waals surface area contributed by atoms with Gasteiger partial charge < -0.3 is 0 Å². The highest BCUT2D eigenvalue weighted by molar-refractivity contribution is 5.45. The lowest BCUT2D eigenvalue weighted by Gasteiger charge is -1.96. The quantitative estimate of drug-likeness (QED) is 0.703. The molecule has 68 valence electrons. The molecule has 0 saturated heterocycles. The monoisotopic (exact) mass is 177 g/mol. The van der Waals surface area contributed by atoms with Gasteiger partial charge in [0.05, 0.1) is 0 Å². The standard InChI is InChI=1S/C9H11N3O/c1-3-7-4-8(13)12-9(11-7)6(2)5-10-12/h4-5,10H,3H2,1-2H3. The number of hydrogen-bond acceptors (Lipinski definition) is 2. The summed E-state index contributed by atoms with van der Waals surface area (Å²) >= 11 is 0. The number of aryl methyl sites for hydroxylation is 2. The van der Waals surface area contributed by atoms with Gasteiger partial charge in [0.1, 0.15) is 0 Å². The molecule has 4 nitrogen and oxygen atoms in total. The summed E-state index contributed by atoms with van der Waals surface area (Å²) in [6.07, 6.45) is 2.57. The van der Waals surface area contributed by atoms with Crippen molar-refractivity contribution in [1.29, 1.82) is 0 Å². The van der Waals surface area contributed by atoms with Gasteiger partial charge in [-0.2, -0.15) is 0 Å². The lowest BCUT2D eigenvalue weighted by molar-refractivity contribution is 0.875. The fourth-order valence-corrected chi connectivity index (χ4v) is 1.33. The average molecular weight is 177 g/mol. The molecular weight excluding hydrogens is 166 g/mol. The van der Waals surface area contributed by atoms with Gasteiger partial charge in [-0.3, -0.25) is 9.89 Å². The molecule has 2 heterocycles. The highest BCUT2D eigenvalue weighted by Crippen LogP contribution is 2.04. The molecule has 0 radical (unpaired) electrons. The van der Waals surface area contributed by atoms with E-state index in [0.29, 0.717) is 0 Å². The second-order valence-electron chi connectivity index (χ2n) is 3.05. The topological polar surface area (TPSA) is 50.2 Å². The van der Waals surface area contributed by atoms with Gasteiger partial charge in [0.25, 0.3) is 5.56 Å². The number of aromatic amines is 1. The van der Waals surface area contributed by atoms with Crippen molar-refractivity contribution >= 4 is 5.65 Å². The molecule has 1 N–H and O–H groups in total. The molecule has 0 aromatic carbocycles. The van der Waals surface area contributed by atoms with Crippen molar-refractivity contribution in [2.75, 3.05) is 0 Å². The summed E-state index contributed by atoms with van der Waals surface area (Å²) in [6.45, 7) is 3.91. The summed E-state index contributed by atoms with van der Waals surface area (Å²) in [6, 6.07) is 1.56. The van der Waals surface area contributed by atoms with Crippen molar-refractivity contribution in [1.82, 2.24) is 14.6 Å². The van der Waals surface area contributed by atoms with Crippen LogP contribution in [0.3, 0.4) is 0 Å². The van der Waals surface area contributed by atoms with Gasteiger partial charge >= 0.3 is 0 Å². The molecule has 2 aromatic heterocycles. The van der Waals surface area contributed by atoms with Crippen molar-refractivity contribution in [2.24, 2.45) is 0 Å². The van der Waals surface area contributed by atoms with Crippen LogP contribution >= 0.6 is 0 Å². The van der Waals surface area contributed by atoms with E-state index in [1.54, 1.807) is 12.3 Å². The molecule has 0 spiro atoms. The van der Waals surface area contributed by atoms with Gasteiger partial charge in [-0.05, 0) is 13.3 Å². The van der Waals surface area contributed by atoms with E-state index in [-0.39, 0.29) is 5.56 Å². The third kappa shape index (κ3) is 1.14. The Morgan fingerprint density at radius 3 is 3.08 bits per heavy atom. The molecule has 0 amide bonds. The molecule has 0 aliphatic carbocycles. The third-order valence-electron chi connectivity index (χ3n) is 2.10. The Morgan fingerprint density at radius 2 is 2.38 bits per heavy atom. The van der Waals surface area contributed by atoms with Crippen LogP contribution < -0.4 is 5.56 Å². The van der Waals surface area contributed by atoms with Crippen molar-refractivity contribution in [3.63, 3.8) is 0 Å². The summed E-state index contributed by atoms with van der Waals surface area (Å²) in [5.74, 6) is 0. The number of nitrogens with one attached hydrogen (secondary N) is 1. The first-order valence-electron chi connectivity index (χ1n) is 4.29. The number of H-pyrrole nitrogens is 1. The molecule has 2 aromatic rings. The summed E-state index contributed by atoms with van der Waals surface area (Å²) in [5, 5.41) is 2.85. The molecule has 4 heteroatoms. The number of rotatable bonds is 1. The zero-order valence-electron chi connectivity index (χ0n) is 7.66. The minimum Gasteiger partial charge on any atom is -0.297 e. The highest BCUT2D eigenvalue weighted by Gasteiger charge is 2.03. The Balaban J connectivity index is 2.88. The van der Waals surface area contributed by atoms with E-state index in [0.717, 1.165) is 23.3 Å².